The van der Waals surface area contributed by atoms with Crippen molar-refractivity contribution in [2.75, 3.05) is 13.2 Å². The van der Waals surface area contributed by atoms with Gasteiger partial charge in [-0.1, -0.05) is 17.7 Å². The second kappa shape index (κ2) is 8.64. The summed E-state index contributed by atoms with van der Waals surface area (Å²) in [6.45, 7) is 4.97. The van der Waals surface area contributed by atoms with E-state index in [0.717, 1.165) is 5.56 Å². The summed E-state index contributed by atoms with van der Waals surface area (Å²) >= 11 is 0. The second-order valence-corrected chi connectivity index (χ2v) is 7.11. The van der Waals surface area contributed by atoms with E-state index in [1.807, 2.05) is 6.92 Å². The zero-order valence-corrected chi connectivity index (χ0v) is 14.3. The standard InChI is InChI=1S/C15H22N2O5S/c1-11(2)17-14(18)10-22-15(19)8-9-16-23(20,21)13-6-4-12(3)5-7-13/h4-7,11,16H,8-10H2,1-3H3,(H,17,18). The van der Waals surface area contributed by atoms with Gasteiger partial charge in [-0.3, -0.25) is 9.59 Å². The lowest BCUT2D eigenvalue weighted by Crippen LogP contribution is -2.34. The molecule has 1 aromatic rings. The van der Waals surface area contributed by atoms with Gasteiger partial charge in [0.15, 0.2) is 6.61 Å². The first-order valence-electron chi connectivity index (χ1n) is 7.22. The first kappa shape index (κ1) is 19.1. The average Bonchev–Trinajstić information content (AvgIpc) is 2.44. The summed E-state index contributed by atoms with van der Waals surface area (Å²) in [5, 5.41) is 2.58. The molecule has 2 N–H and O–H groups in total. The molecule has 0 bridgehead atoms. The highest BCUT2D eigenvalue weighted by atomic mass is 32.2. The molecule has 23 heavy (non-hydrogen) atoms. The Morgan fingerprint density at radius 3 is 2.35 bits per heavy atom. The number of carbonyl (C=O) groups is 2. The Labute approximate surface area is 136 Å². The van der Waals surface area contributed by atoms with Crippen molar-refractivity contribution in [1.29, 1.82) is 0 Å². The Bertz CT molecular complexity index is 638. The lowest BCUT2D eigenvalue weighted by Gasteiger charge is -2.09. The molecule has 0 saturated carbocycles. The van der Waals surface area contributed by atoms with E-state index in [2.05, 4.69) is 10.0 Å². The van der Waals surface area contributed by atoms with Crippen molar-refractivity contribution in [3.8, 4) is 0 Å². The third kappa shape index (κ3) is 7.25. The van der Waals surface area contributed by atoms with Gasteiger partial charge >= 0.3 is 5.97 Å². The SMILES string of the molecule is Cc1ccc(S(=O)(=O)NCCC(=O)OCC(=O)NC(C)C)cc1. The second-order valence-electron chi connectivity index (χ2n) is 5.34. The zero-order chi connectivity index (χ0) is 17.5. The fourth-order valence-corrected chi connectivity index (χ4v) is 2.70. The van der Waals surface area contributed by atoms with E-state index in [-0.39, 0.29) is 30.5 Å². The van der Waals surface area contributed by atoms with Crippen molar-refractivity contribution in [3.05, 3.63) is 29.8 Å². The van der Waals surface area contributed by atoms with E-state index < -0.39 is 21.9 Å². The van der Waals surface area contributed by atoms with Gasteiger partial charge in [-0.2, -0.15) is 0 Å². The summed E-state index contributed by atoms with van der Waals surface area (Å²) in [4.78, 5) is 22.9. The Balaban J connectivity index is 2.36. The minimum absolute atomic E-state index is 0.0393. The predicted octanol–water partition coefficient (Wildman–Crippen LogP) is 0.731. The van der Waals surface area contributed by atoms with E-state index in [1.54, 1.807) is 26.0 Å². The summed E-state index contributed by atoms with van der Waals surface area (Å²) in [6.07, 6.45) is -0.153. The Morgan fingerprint density at radius 2 is 1.78 bits per heavy atom. The highest BCUT2D eigenvalue weighted by Gasteiger charge is 2.14. The van der Waals surface area contributed by atoms with Crippen LogP contribution in [0.3, 0.4) is 0 Å². The molecule has 0 saturated heterocycles. The molecule has 128 valence electrons. The van der Waals surface area contributed by atoms with Gasteiger partial charge in [0.2, 0.25) is 10.0 Å². The number of nitrogens with one attached hydrogen (secondary N) is 2. The largest absolute Gasteiger partial charge is 0.456 e. The molecule has 1 rings (SSSR count). The normalized spacial score (nSPS) is 11.3. The summed E-state index contributed by atoms with van der Waals surface area (Å²) in [7, 11) is -3.66. The molecule has 0 aliphatic rings. The number of esters is 1. The van der Waals surface area contributed by atoms with Gasteiger partial charge < -0.3 is 10.1 Å². The van der Waals surface area contributed by atoms with Crippen molar-refractivity contribution in [1.82, 2.24) is 10.0 Å². The van der Waals surface area contributed by atoms with Crippen LogP contribution in [0.4, 0.5) is 0 Å². The first-order valence-corrected chi connectivity index (χ1v) is 8.70. The molecule has 0 heterocycles. The van der Waals surface area contributed by atoms with E-state index in [1.165, 1.54) is 12.1 Å². The van der Waals surface area contributed by atoms with Gasteiger partial charge in [0.25, 0.3) is 5.91 Å². The number of hydrogen-bond donors (Lipinski definition) is 2. The molecule has 8 heteroatoms. The lowest BCUT2D eigenvalue weighted by atomic mass is 10.2. The van der Waals surface area contributed by atoms with E-state index in [4.69, 9.17) is 4.74 Å². The molecule has 0 spiro atoms. The Hall–Kier alpha value is -1.93. The summed E-state index contributed by atoms with van der Waals surface area (Å²) < 4.78 is 31.0. The minimum atomic E-state index is -3.66. The van der Waals surface area contributed by atoms with Gasteiger partial charge in [-0.25, -0.2) is 13.1 Å². The molecular formula is C15H22N2O5S. The van der Waals surface area contributed by atoms with E-state index >= 15 is 0 Å². The topological polar surface area (TPSA) is 102 Å². The van der Waals surface area contributed by atoms with Crippen LogP contribution >= 0.6 is 0 Å². The van der Waals surface area contributed by atoms with Crippen LogP contribution in [0.25, 0.3) is 0 Å². The van der Waals surface area contributed by atoms with Gasteiger partial charge in [0, 0.05) is 12.6 Å². The Morgan fingerprint density at radius 1 is 1.17 bits per heavy atom. The van der Waals surface area contributed by atoms with Crippen LogP contribution in [0, 0.1) is 6.92 Å². The number of ether oxygens (including phenoxy) is 1. The van der Waals surface area contributed by atoms with Crippen LogP contribution in [-0.4, -0.2) is 39.5 Å². The number of aryl methyl sites for hydroxylation is 1. The number of hydrogen-bond acceptors (Lipinski definition) is 5. The molecule has 7 nitrogen and oxygen atoms in total. The maximum Gasteiger partial charge on any atom is 0.307 e. The van der Waals surface area contributed by atoms with Gasteiger partial charge in [0.1, 0.15) is 0 Å². The first-order chi connectivity index (χ1) is 10.7. The molecular weight excluding hydrogens is 320 g/mol. The molecule has 0 aliphatic heterocycles. The third-order valence-corrected chi connectivity index (χ3v) is 4.24. The average molecular weight is 342 g/mol. The van der Waals surface area contributed by atoms with Crippen molar-refractivity contribution in [2.24, 2.45) is 0 Å². The number of rotatable bonds is 8. The van der Waals surface area contributed by atoms with Crippen LogP contribution in [-0.2, 0) is 24.3 Å². The summed E-state index contributed by atoms with van der Waals surface area (Å²) in [5.41, 5.74) is 0.951. The molecule has 0 fully saturated rings. The number of carbonyl (C=O) groups excluding carboxylic acids is 2. The van der Waals surface area contributed by atoms with Crippen LogP contribution < -0.4 is 10.0 Å². The van der Waals surface area contributed by atoms with E-state index in [9.17, 15) is 18.0 Å². The molecule has 0 aromatic heterocycles. The molecule has 0 atom stereocenters. The molecule has 1 amide bonds. The molecule has 0 radical (unpaired) electrons. The van der Waals surface area contributed by atoms with E-state index in [0.29, 0.717) is 0 Å². The monoisotopic (exact) mass is 342 g/mol. The number of amides is 1. The van der Waals surface area contributed by atoms with Gasteiger partial charge in [0.05, 0.1) is 11.3 Å². The fraction of sp³-hybridized carbons (Fsp3) is 0.467. The highest BCUT2D eigenvalue weighted by molar-refractivity contribution is 7.89. The van der Waals surface area contributed by atoms with Crippen LogP contribution in [0.5, 0.6) is 0 Å². The van der Waals surface area contributed by atoms with Crippen molar-refractivity contribution in [3.63, 3.8) is 0 Å². The van der Waals surface area contributed by atoms with Crippen LogP contribution in [0.15, 0.2) is 29.2 Å². The maximum absolute atomic E-state index is 12.0. The fourth-order valence-electron chi connectivity index (χ4n) is 1.67. The van der Waals surface area contributed by atoms with Crippen LogP contribution in [0.2, 0.25) is 0 Å². The highest BCUT2D eigenvalue weighted by Crippen LogP contribution is 2.09. The van der Waals surface area contributed by atoms with Gasteiger partial charge in [-0.15, -0.1) is 0 Å². The Kier molecular flexibility index (Phi) is 7.18. The smallest absolute Gasteiger partial charge is 0.307 e. The molecule has 0 unspecified atom stereocenters. The van der Waals surface area contributed by atoms with Crippen molar-refractivity contribution >= 4 is 21.9 Å². The maximum atomic E-state index is 12.0. The lowest BCUT2D eigenvalue weighted by molar-refractivity contribution is -0.148. The zero-order valence-electron chi connectivity index (χ0n) is 13.5. The van der Waals surface area contributed by atoms with Crippen LogP contribution in [0.1, 0.15) is 25.8 Å². The molecule has 1 aromatic carbocycles. The number of benzene rings is 1. The summed E-state index contributed by atoms with van der Waals surface area (Å²) in [5.74, 6) is -1.04. The molecule has 0 aliphatic carbocycles. The number of sulfonamides is 1. The van der Waals surface area contributed by atoms with Crippen molar-refractivity contribution in [2.45, 2.75) is 38.1 Å². The van der Waals surface area contributed by atoms with Crippen molar-refractivity contribution < 1.29 is 22.7 Å². The quantitative estimate of drug-likeness (QED) is 0.678. The minimum Gasteiger partial charge on any atom is -0.456 e. The third-order valence-electron chi connectivity index (χ3n) is 2.77. The van der Waals surface area contributed by atoms with Gasteiger partial charge in [-0.05, 0) is 32.9 Å². The summed E-state index contributed by atoms with van der Waals surface area (Å²) in [6, 6.07) is 6.33. The predicted molar refractivity (Wildman–Crippen MR) is 85.2 cm³/mol.